The van der Waals surface area contributed by atoms with Crippen LogP contribution in [0, 0.1) is 5.92 Å². The monoisotopic (exact) mass is 377 g/mol. The molecule has 26 heavy (non-hydrogen) atoms. The van der Waals surface area contributed by atoms with Crippen molar-refractivity contribution >= 4 is 34.5 Å². The number of thioether (sulfide) groups is 1. The molecule has 0 saturated heterocycles. The van der Waals surface area contributed by atoms with Gasteiger partial charge in [0.1, 0.15) is 11.9 Å². The first-order valence-electron chi connectivity index (χ1n) is 8.39. The molecule has 0 aliphatic rings. The summed E-state index contributed by atoms with van der Waals surface area (Å²) in [7, 11) is 1.31. The summed E-state index contributed by atoms with van der Waals surface area (Å²) in [4.78, 5) is 43.1. The topological polar surface area (TPSA) is 101 Å². The molecule has 1 aromatic heterocycles. The Labute approximate surface area is 155 Å². The van der Waals surface area contributed by atoms with Gasteiger partial charge in [0.05, 0.1) is 29.5 Å². The van der Waals surface area contributed by atoms with Crippen molar-refractivity contribution in [3.8, 4) is 0 Å². The summed E-state index contributed by atoms with van der Waals surface area (Å²) in [5.41, 5.74) is 0.428. The van der Waals surface area contributed by atoms with E-state index in [2.05, 4.69) is 15.3 Å². The molecule has 1 heterocycles. The number of rotatable bonds is 8. The molecule has 1 unspecified atom stereocenters. The Morgan fingerprint density at radius 2 is 2.08 bits per heavy atom. The minimum absolute atomic E-state index is 0.0186. The largest absolute Gasteiger partial charge is 0.467 e. The van der Waals surface area contributed by atoms with E-state index in [0.717, 1.165) is 6.42 Å². The number of hydrogen-bond acceptors (Lipinski definition) is 6. The fraction of sp³-hybridized carbons (Fsp3) is 0.444. The van der Waals surface area contributed by atoms with Crippen LogP contribution in [0.15, 0.2) is 29.1 Å². The number of ether oxygens (including phenoxy) is 1. The van der Waals surface area contributed by atoms with Gasteiger partial charge in [0, 0.05) is 0 Å². The number of para-hydroxylation sites is 1. The molecule has 1 amide bonds. The second kappa shape index (κ2) is 9.38. The van der Waals surface area contributed by atoms with E-state index in [4.69, 9.17) is 4.74 Å². The molecule has 7 nitrogen and oxygen atoms in total. The van der Waals surface area contributed by atoms with E-state index >= 15 is 0 Å². The molecule has 140 valence electrons. The lowest BCUT2D eigenvalue weighted by atomic mass is 9.99. The average Bonchev–Trinajstić information content (AvgIpc) is 2.65. The maximum absolute atomic E-state index is 12.1. The van der Waals surface area contributed by atoms with Crippen LogP contribution in [0.2, 0.25) is 0 Å². The maximum Gasteiger partial charge on any atom is 0.328 e. The maximum atomic E-state index is 12.1. The first-order chi connectivity index (χ1) is 12.5. The number of carbonyl (C=O) groups excluding carboxylic acids is 2. The van der Waals surface area contributed by atoms with Crippen molar-refractivity contribution in [3.63, 3.8) is 0 Å². The molecular weight excluding hydrogens is 354 g/mol. The minimum Gasteiger partial charge on any atom is -0.467 e. The van der Waals surface area contributed by atoms with Gasteiger partial charge in [-0.1, -0.05) is 32.4 Å². The van der Waals surface area contributed by atoms with Gasteiger partial charge in [0.15, 0.2) is 0 Å². The minimum atomic E-state index is -0.656. The van der Waals surface area contributed by atoms with Crippen LogP contribution in [0.1, 0.15) is 26.1 Å². The zero-order valence-corrected chi connectivity index (χ0v) is 15.9. The van der Waals surface area contributed by atoms with E-state index in [9.17, 15) is 14.4 Å². The Balaban J connectivity index is 1.93. The summed E-state index contributed by atoms with van der Waals surface area (Å²) >= 11 is 1.32. The van der Waals surface area contributed by atoms with Gasteiger partial charge < -0.3 is 15.0 Å². The Bertz CT molecular complexity index is 837. The fourth-order valence-electron chi connectivity index (χ4n) is 2.45. The van der Waals surface area contributed by atoms with Crippen LogP contribution in [0.3, 0.4) is 0 Å². The fourth-order valence-corrected chi connectivity index (χ4v) is 3.16. The molecule has 8 heteroatoms. The molecule has 0 fully saturated rings. The first kappa shape index (κ1) is 20.0. The number of hydrogen-bond donors (Lipinski definition) is 2. The van der Waals surface area contributed by atoms with Crippen molar-refractivity contribution in [2.75, 3.05) is 12.9 Å². The lowest BCUT2D eigenvalue weighted by molar-refractivity contribution is -0.146. The highest BCUT2D eigenvalue weighted by Gasteiger charge is 2.26. The van der Waals surface area contributed by atoms with Gasteiger partial charge in [0.25, 0.3) is 5.56 Å². The van der Waals surface area contributed by atoms with Gasteiger partial charge in [-0.15, -0.1) is 11.8 Å². The van der Waals surface area contributed by atoms with E-state index in [-0.39, 0.29) is 23.1 Å². The quantitative estimate of drug-likeness (QED) is 0.681. The highest BCUT2D eigenvalue weighted by molar-refractivity contribution is 7.99. The molecule has 0 spiro atoms. The van der Waals surface area contributed by atoms with E-state index < -0.39 is 12.0 Å². The zero-order chi connectivity index (χ0) is 19.1. The van der Waals surface area contributed by atoms with Gasteiger partial charge in [-0.25, -0.2) is 9.78 Å². The number of carbonyl (C=O) groups is 2. The van der Waals surface area contributed by atoms with Gasteiger partial charge in [-0.3, -0.25) is 9.59 Å². The number of fused-ring (bicyclic) bond motifs is 1. The predicted octanol–water partition coefficient (Wildman–Crippen LogP) is 1.86. The van der Waals surface area contributed by atoms with Crippen molar-refractivity contribution in [3.05, 3.63) is 40.4 Å². The number of amides is 1. The summed E-state index contributed by atoms with van der Waals surface area (Å²) in [6.07, 6.45) is 0.745. The van der Waals surface area contributed by atoms with E-state index in [1.165, 1.54) is 18.9 Å². The lowest BCUT2D eigenvalue weighted by Gasteiger charge is -2.21. The van der Waals surface area contributed by atoms with E-state index in [0.29, 0.717) is 22.5 Å². The Kier molecular flexibility index (Phi) is 7.20. The second-order valence-corrected chi connectivity index (χ2v) is 6.96. The molecule has 0 aliphatic heterocycles. The summed E-state index contributed by atoms with van der Waals surface area (Å²) in [6, 6.07) is 6.44. The number of esters is 1. The van der Waals surface area contributed by atoms with Crippen molar-refractivity contribution in [1.29, 1.82) is 0 Å². The molecule has 0 aliphatic carbocycles. The Hall–Kier alpha value is -2.35. The summed E-state index contributed by atoms with van der Waals surface area (Å²) in [5.74, 6) is 0.333. The van der Waals surface area contributed by atoms with Crippen molar-refractivity contribution in [1.82, 2.24) is 15.3 Å². The van der Waals surface area contributed by atoms with Crippen LogP contribution < -0.4 is 10.9 Å². The molecule has 0 saturated carbocycles. The van der Waals surface area contributed by atoms with E-state index in [1.54, 1.807) is 18.2 Å². The number of aromatic nitrogens is 2. The van der Waals surface area contributed by atoms with Crippen LogP contribution in [0.5, 0.6) is 0 Å². The normalized spacial score (nSPS) is 13.2. The molecule has 2 N–H and O–H groups in total. The molecule has 0 radical (unpaired) electrons. The van der Waals surface area contributed by atoms with Gasteiger partial charge in [-0.2, -0.15) is 0 Å². The van der Waals surface area contributed by atoms with Crippen molar-refractivity contribution in [2.24, 2.45) is 5.92 Å². The second-order valence-electron chi connectivity index (χ2n) is 5.98. The van der Waals surface area contributed by atoms with Gasteiger partial charge in [-0.05, 0) is 18.1 Å². The third-order valence-electron chi connectivity index (χ3n) is 4.12. The van der Waals surface area contributed by atoms with Crippen molar-refractivity contribution in [2.45, 2.75) is 32.1 Å². The average molecular weight is 377 g/mol. The molecule has 0 bridgehead atoms. The molecule has 2 rings (SSSR count). The number of H-pyrrole nitrogens is 1. The van der Waals surface area contributed by atoms with E-state index in [1.807, 2.05) is 19.9 Å². The number of methoxy groups -OCH3 is 1. The highest BCUT2D eigenvalue weighted by Crippen LogP contribution is 2.13. The smallest absolute Gasteiger partial charge is 0.328 e. The number of aromatic amines is 1. The third-order valence-corrected chi connectivity index (χ3v) is 5.06. The van der Waals surface area contributed by atoms with Crippen LogP contribution in [-0.4, -0.2) is 40.7 Å². The number of nitrogens with one attached hydrogen (secondary N) is 2. The van der Waals surface area contributed by atoms with Gasteiger partial charge in [0.2, 0.25) is 5.91 Å². The molecule has 2 aromatic rings. The molecule has 1 aromatic carbocycles. The SMILES string of the molecule is CCC(C)[C@H](NC(=O)CSCc1nc2ccccc2c(=O)[nH]1)C(=O)OC. The highest BCUT2D eigenvalue weighted by atomic mass is 32.2. The molecule has 2 atom stereocenters. The standard InChI is InChI=1S/C18H23N3O4S/c1-4-11(2)16(18(24)25-3)21-15(22)10-26-9-14-19-13-8-6-5-7-12(13)17(23)20-14/h5-8,11,16H,4,9-10H2,1-3H3,(H,21,22)(H,19,20,23)/t11?,16-/m0/s1. The summed E-state index contributed by atoms with van der Waals surface area (Å²) in [6.45, 7) is 3.84. The Morgan fingerprint density at radius 1 is 1.35 bits per heavy atom. The first-order valence-corrected chi connectivity index (χ1v) is 9.54. The summed E-state index contributed by atoms with van der Waals surface area (Å²) < 4.78 is 4.75. The third kappa shape index (κ3) is 5.08. The number of nitrogens with zero attached hydrogens (tertiary/aromatic N) is 1. The predicted molar refractivity (Wildman–Crippen MR) is 102 cm³/mol. The van der Waals surface area contributed by atoms with Crippen LogP contribution in [0.4, 0.5) is 0 Å². The summed E-state index contributed by atoms with van der Waals surface area (Å²) in [5, 5.41) is 3.25. The van der Waals surface area contributed by atoms with Crippen LogP contribution in [0.25, 0.3) is 10.9 Å². The van der Waals surface area contributed by atoms with Gasteiger partial charge >= 0.3 is 5.97 Å². The zero-order valence-electron chi connectivity index (χ0n) is 15.1. The lowest BCUT2D eigenvalue weighted by Crippen LogP contribution is -2.46. The van der Waals surface area contributed by atoms with Crippen molar-refractivity contribution < 1.29 is 14.3 Å². The van der Waals surface area contributed by atoms with Crippen LogP contribution in [-0.2, 0) is 20.1 Å². The van der Waals surface area contributed by atoms with Crippen LogP contribution >= 0.6 is 11.8 Å². The Morgan fingerprint density at radius 3 is 2.77 bits per heavy atom. The molecular formula is C18H23N3O4S. The number of benzene rings is 1.